The maximum absolute atomic E-state index is 13.4. The summed E-state index contributed by atoms with van der Waals surface area (Å²) in [6, 6.07) is 6.23. The van der Waals surface area contributed by atoms with Crippen molar-refractivity contribution in [3.05, 3.63) is 30.1 Å². The molecule has 1 aliphatic heterocycles. The summed E-state index contributed by atoms with van der Waals surface area (Å²) in [6.07, 6.45) is 0.818. The summed E-state index contributed by atoms with van der Waals surface area (Å²) in [6.45, 7) is 8.52. The van der Waals surface area contributed by atoms with Crippen LogP contribution in [0.5, 0.6) is 0 Å². The second kappa shape index (κ2) is 4.60. The molecule has 1 N–H and O–H groups in total. The van der Waals surface area contributed by atoms with Crippen molar-refractivity contribution in [3.63, 3.8) is 0 Å². The topological polar surface area (TPSA) is 32.3 Å². The van der Waals surface area contributed by atoms with E-state index in [4.69, 9.17) is 0 Å². The summed E-state index contributed by atoms with van der Waals surface area (Å²) in [5, 5.41) is 3.26. The first-order chi connectivity index (χ1) is 8.74. The zero-order chi connectivity index (χ0) is 14.3. The molecule has 1 fully saturated rings. The molecule has 0 atom stereocenters. The standard InChI is InChI=1S/C15H21FN2O/c1-14(2)8-9-17-15(3,4)13(19)18(14)12-7-5-6-11(16)10-12/h5-7,10,17H,8-9H2,1-4H3. The second-order valence-electron chi connectivity index (χ2n) is 6.23. The molecule has 0 aromatic heterocycles. The molecule has 1 aliphatic rings. The third-order valence-corrected chi connectivity index (χ3v) is 3.71. The lowest BCUT2D eigenvalue weighted by molar-refractivity contribution is -0.124. The lowest BCUT2D eigenvalue weighted by atomic mass is 9.96. The fourth-order valence-corrected chi connectivity index (χ4v) is 2.50. The molecule has 0 radical (unpaired) electrons. The molecule has 0 bridgehead atoms. The van der Waals surface area contributed by atoms with E-state index in [0.717, 1.165) is 13.0 Å². The van der Waals surface area contributed by atoms with Gasteiger partial charge in [-0.3, -0.25) is 4.79 Å². The molecule has 3 nitrogen and oxygen atoms in total. The molecule has 104 valence electrons. The number of carbonyl (C=O) groups excluding carboxylic acids is 1. The summed E-state index contributed by atoms with van der Waals surface area (Å²) < 4.78 is 13.4. The Bertz CT molecular complexity index is 497. The van der Waals surface area contributed by atoms with Crippen LogP contribution >= 0.6 is 0 Å². The second-order valence-corrected chi connectivity index (χ2v) is 6.23. The number of nitrogens with one attached hydrogen (secondary N) is 1. The molecule has 0 aliphatic carbocycles. The molecule has 4 heteroatoms. The quantitative estimate of drug-likeness (QED) is 0.846. The Kier molecular flexibility index (Phi) is 3.39. The van der Waals surface area contributed by atoms with Gasteiger partial charge in [0.15, 0.2) is 0 Å². The number of hydrogen-bond acceptors (Lipinski definition) is 2. The average Bonchev–Trinajstić information content (AvgIpc) is 2.34. The Hall–Kier alpha value is -1.42. The van der Waals surface area contributed by atoms with Gasteiger partial charge in [0.2, 0.25) is 5.91 Å². The van der Waals surface area contributed by atoms with Crippen molar-refractivity contribution in [2.24, 2.45) is 0 Å². The van der Waals surface area contributed by atoms with Crippen molar-refractivity contribution in [2.45, 2.75) is 45.2 Å². The molecule has 0 spiro atoms. The third kappa shape index (κ3) is 2.63. The van der Waals surface area contributed by atoms with Gasteiger partial charge in [-0.2, -0.15) is 0 Å². The van der Waals surface area contributed by atoms with Gasteiger partial charge in [-0.1, -0.05) is 6.07 Å². The predicted molar refractivity (Wildman–Crippen MR) is 74.7 cm³/mol. The Morgan fingerprint density at radius 1 is 1.26 bits per heavy atom. The fraction of sp³-hybridized carbons (Fsp3) is 0.533. The Morgan fingerprint density at radius 2 is 1.95 bits per heavy atom. The van der Waals surface area contributed by atoms with E-state index in [1.54, 1.807) is 17.0 Å². The molecule has 1 aromatic rings. The van der Waals surface area contributed by atoms with E-state index in [-0.39, 0.29) is 17.3 Å². The Labute approximate surface area is 113 Å². The molecule has 1 saturated heterocycles. The molecule has 1 amide bonds. The van der Waals surface area contributed by atoms with Gasteiger partial charge in [-0.15, -0.1) is 0 Å². The van der Waals surface area contributed by atoms with Crippen LogP contribution in [0.4, 0.5) is 10.1 Å². The lowest BCUT2D eigenvalue weighted by Crippen LogP contribution is -2.56. The van der Waals surface area contributed by atoms with E-state index in [1.165, 1.54) is 12.1 Å². The number of anilines is 1. The molecular weight excluding hydrogens is 243 g/mol. The molecule has 2 rings (SSSR count). The molecule has 1 aromatic carbocycles. The monoisotopic (exact) mass is 264 g/mol. The van der Waals surface area contributed by atoms with Gasteiger partial charge in [0.25, 0.3) is 0 Å². The summed E-state index contributed by atoms with van der Waals surface area (Å²) in [7, 11) is 0. The minimum atomic E-state index is -0.639. The smallest absolute Gasteiger partial charge is 0.247 e. The average molecular weight is 264 g/mol. The number of nitrogens with zero attached hydrogens (tertiary/aromatic N) is 1. The molecular formula is C15H21FN2O. The van der Waals surface area contributed by atoms with Crippen LogP contribution in [0.25, 0.3) is 0 Å². The van der Waals surface area contributed by atoms with E-state index in [9.17, 15) is 9.18 Å². The minimum Gasteiger partial charge on any atom is -0.305 e. The number of hydrogen-bond donors (Lipinski definition) is 1. The van der Waals surface area contributed by atoms with Gasteiger partial charge in [0, 0.05) is 11.2 Å². The van der Waals surface area contributed by atoms with Crippen molar-refractivity contribution in [1.29, 1.82) is 0 Å². The van der Waals surface area contributed by atoms with Crippen molar-refractivity contribution in [2.75, 3.05) is 11.4 Å². The number of halogens is 1. The van der Waals surface area contributed by atoms with Gasteiger partial charge < -0.3 is 10.2 Å². The van der Waals surface area contributed by atoms with Crippen molar-refractivity contribution in [3.8, 4) is 0 Å². The summed E-state index contributed by atoms with van der Waals surface area (Å²) in [5.74, 6) is -0.350. The first-order valence-corrected chi connectivity index (χ1v) is 6.59. The highest BCUT2D eigenvalue weighted by Gasteiger charge is 2.42. The first kappa shape index (κ1) is 14.0. The van der Waals surface area contributed by atoms with Crippen LogP contribution in [0.3, 0.4) is 0 Å². The first-order valence-electron chi connectivity index (χ1n) is 6.59. The maximum Gasteiger partial charge on any atom is 0.247 e. The summed E-state index contributed by atoms with van der Waals surface area (Å²) in [5.41, 5.74) is -0.363. The third-order valence-electron chi connectivity index (χ3n) is 3.71. The van der Waals surface area contributed by atoms with E-state index < -0.39 is 5.54 Å². The SMILES string of the molecule is CC1(C)NCCC(C)(C)N(c2cccc(F)c2)C1=O. The molecule has 1 heterocycles. The highest BCUT2D eigenvalue weighted by atomic mass is 19.1. The van der Waals surface area contributed by atoms with Crippen molar-refractivity contribution < 1.29 is 9.18 Å². The molecule has 0 saturated carbocycles. The van der Waals surface area contributed by atoms with Gasteiger partial charge in [-0.05, 0) is 58.9 Å². The summed E-state index contributed by atoms with van der Waals surface area (Å²) in [4.78, 5) is 14.5. The normalized spacial score (nSPS) is 22.2. The van der Waals surface area contributed by atoms with Gasteiger partial charge >= 0.3 is 0 Å². The number of amides is 1. The number of rotatable bonds is 1. The number of carbonyl (C=O) groups is 1. The Balaban J connectivity index is 2.51. The van der Waals surface area contributed by atoms with Crippen LogP contribution in [0.1, 0.15) is 34.1 Å². The van der Waals surface area contributed by atoms with E-state index in [0.29, 0.717) is 5.69 Å². The van der Waals surface area contributed by atoms with Crippen LogP contribution < -0.4 is 10.2 Å². The summed E-state index contributed by atoms with van der Waals surface area (Å²) >= 11 is 0. The Morgan fingerprint density at radius 3 is 2.58 bits per heavy atom. The largest absolute Gasteiger partial charge is 0.305 e. The molecule has 19 heavy (non-hydrogen) atoms. The van der Waals surface area contributed by atoms with Crippen LogP contribution in [-0.4, -0.2) is 23.5 Å². The zero-order valence-electron chi connectivity index (χ0n) is 12.0. The van der Waals surface area contributed by atoms with Crippen LogP contribution in [0.15, 0.2) is 24.3 Å². The highest BCUT2D eigenvalue weighted by molar-refractivity contribution is 6.01. The highest BCUT2D eigenvalue weighted by Crippen LogP contribution is 2.31. The van der Waals surface area contributed by atoms with Gasteiger partial charge in [0.1, 0.15) is 5.82 Å². The van der Waals surface area contributed by atoms with Crippen molar-refractivity contribution in [1.82, 2.24) is 5.32 Å². The van der Waals surface area contributed by atoms with E-state index in [2.05, 4.69) is 5.32 Å². The fourth-order valence-electron chi connectivity index (χ4n) is 2.50. The van der Waals surface area contributed by atoms with Crippen LogP contribution in [0, 0.1) is 5.82 Å². The lowest BCUT2D eigenvalue weighted by Gasteiger charge is -2.39. The van der Waals surface area contributed by atoms with E-state index >= 15 is 0 Å². The van der Waals surface area contributed by atoms with Crippen LogP contribution in [0.2, 0.25) is 0 Å². The zero-order valence-corrected chi connectivity index (χ0v) is 12.0. The van der Waals surface area contributed by atoms with Gasteiger partial charge in [-0.25, -0.2) is 4.39 Å². The van der Waals surface area contributed by atoms with E-state index in [1.807, 2.05) is 27.7 Å². The maximum atomic E-state index is 13.4. The predicted octanol–water partition coefficient (Wildman–Crippen LogP) is 2.71. The van der Waals surface area contributed by atoms with Crippen LogP contribution in [-0.2, 0) is 4.79 Å². The van der Waals surface area contributed by atoms with Gasteiger partial charge in [0.05, 0.1) is 5.54 Å². The van der Waals surface area contributed by atoms with Crippen molar-refractivity contribution >= 4 is 11.6 Å². The molecule has 0 unspecified atom stereocenters. The number of benzene rings is 1. The minimum absolute atomic E-state index is 0.0272.